The van der Waals surface area contributed by atoms with Gasteiger partial charge in [-0.1, -0.05) is 11.6 Å². The van der Waals surface area contributed by atoms with Crippen LogP contribution in [0.1, 0.15) is 29.8 Å². The fraction of sp³-hybridized carbons (Fsp3) is 0.562. The van der Waals surface area contributed by atoms with Crippen molar-refractivity contribution < 1.29 is 4.79 Å². The minimum absolute atomic E-state index is 0.0960. The number of nitrogens with zero attached hydrogens (tertiary/aromatic N) is 5. The molecule has 0 aromatic carbocycles. The summed E-state index contributed by atoms with van der Waals surface area (Å²) in [4.78, 5) is 14.6. The summed E-state index contributed by atoms with van der Waals surface area (Å²) in [6.45, 7) is 7.56. The maximum absolute atomic E-state index is 12.7. The van der Waals surface area contributed by atoms with E-state index in [1.165, 1.54) is 0 Å². The van der Waals surface area contributed by atoms with E-state index in [-0.39, 0.29) is 18.5 Å². The summed E-state index contributed by atoms with van der Waals surface area (Å²) in [5.41, 5.74) is 2.75. The van der Waals surface area contributed by atoms with Crippen molar-refractivity contribution in [1.82, 2.24) is 24.5 Å². The zero-order valence-corrected chi connectivity index (χ0v) is 14.5. The lowest BCUT2D eigenvalue weighted by Crippen LogP contribution is -2.40. The first-order valence-corrected chi connectivity index (χ1v) is 8.31. The van der Waals surface area contributed by atoms with E-state index in [1.807, 2.05) is 42.7 Å². The van der Waals surface area contributed by atoms with Gasteiger partial charge in [-0.05, 0) is 39.2 Å². The van der Waals surface area contributed by atoms with Crippen LogP contribution in [0.25, 0.3) is 0 Å². The Bertz CT molecular complexity index is 720. The molecule has 1 amide bonds. The first-order valence-electron chi connectivity index (χ1n) is 7.93. The Kier molecular flexibility index (Phi) is 4.43. The molecule has 0 spiro atoms. The molecule has 1 aliphatic rings. The molecule has 0 aliphatic carbocycles. The fourth-order valence-electron chi connectivity index (χ4n) is 3.18. The van der Waals surface area contributed by atoms with Crippen molar-refractivity contribution >= 4 is 17.5 Å². The van der Waals surface area contributed by atoms with Gasteiger partial charge in [-0.2, -0.15) is 10.2 Å². The smallest absolute Gasteiger partial charge is 0.244 e. The maximum atomic E-state index is 12.7. The van der Waals surface area contributed by atoms with Gasteiger partial charge in [0.2, 0.25) is 5.91 Å². The van der Waals surface area contributed by atoms with E-state index in [9.17, 15) is 4.79 Å². The molecule has 0 unspecified atom stereocenters. The van der Waals surface area contributed by atoms with Crippen molar-refractivity contribution in [2.45, 2.75) is 52.7 Å². The molecule has 1 fully saturated rings. The first kappa shape index (κ1) is 16.1. The second-order valence-corrected chi connectivity index (χ2v) is 6.64. The summed E-state index contributed by atoms with van der Waals surface area (Å²) in [5, 5.41) is 9.32. The van der Waals surface area contributed by atoms with Crippen molar-refractivity contribution in [2.75, 3.05) is 6.54 Å². The molecule has 1 saturated heterocycles. The third kappa shape index (κ3) is 3.27. The van der Waals surface area contributed by atoms with Crippen molar-refractivity contribution in [1.29, 1.82) is 0 Å². The van der Waals surface area contributed by atoms with Gasteiger partial charge in [0.25, 0.3) is 0 Å². The second kappa shape index (κ2) is 6.35. The average Bonchev–Trinajstić information content (AvgIpc) is 3.18. The molecule has 2 aromatic heterocycles. The highest BCUT2D eigenvalue weighted by atomic mass is 35.5. The Morgan fingerprint density at radius 3 is 2.78 bits per heavy atom. The van der Waals surface area contributed by atoms with Crippen LogP contribution >= 0.6 is 11.6 Å². The lowest BCUT2D eigenvalue weighted by molar-refractivity contribution is -0.133. The number of carbonyl (C=O) groups is 1. The molecule has 124 valence electrons. The first-order chi connectivity index (χ1) is 11.0. The van der Waals surface area contributed by atoms with E-state index in [1.54, 1.807) is 4.68 Å². The van der Waals surface area contributed by atoms with Gasteiger partial charge in [0.1, 0.15) is 6.54 Å². The maximum Gasteiger partial charge on any atom is 0.244 e. The highest BCUT2D eigenvalue weighted by Crippen LogP contribution is 2.22. The predicted octanol–water partition coefficient (Wildman–Crippen LogP) is 2.35. The Hall–Kier alpha value is -1.82. The number of hydrogen-bond acceptors (Lipinski definition) is 3. The normalized spacial score (nSPS) is 17.9. The molecule has 1 aliphatic heterocycles. The molecular formula is C16H22ClN5O. The van der Waals surface area contributed by atoms with E-state index in [2.05, 4.69) is 10.2 Å². The Morgan fingerprint density at radius 1 is 1.39 bits per heavy atom. The number of aromatic nitrogens is 4. The van der Waals surface area contributed by atoms with Crippen LogP contribution in [-0.2, 0) is 17.9 Å². The molecule has 0 bridgehead atoms. The minimum atomic E-state index is 0.0960. The predicted molar refractivity (Wildman–Crippen MR) is 88.4 cm³/mol. The molecular weight excluding hydrogens is 314 g/mol. The number of amides is 1. The molecule has 23 heavy (non-hydrogen) atoms. The largest absolute Gasteiger partial charge is 0.336 e. The van der Waals surface area contributed by atoms with Gasteiger partial charge in [-0.25, -0.2) is 0 Å². The summed E-state index contributed by atoms with van der Waals surface area (Å²) >= 11 is 6.16. The van der Waals surface area contributed by atoms with Crippen LogP contribution in [0.5, 0.6) is 0 Å². The second-order valence-electron chi connectivity index (χ2n) is 6.27. The van der Waals surface area contributed by atoms with Crippen molar-refractivity contribution in [2.24, 2.45) is 0 Å². The summed E-state index contributed by atoms with van der Waals surface area (Å²) in [6.07, 6.45) is 5.91. The van der Waals surface area contributed by atoms with Crippen LogP contribution < -0.4 is 0 Å². The van der Waals surface area contributed by atoms with Crippen LogP contribution in [0.15, 0.2) is 12.4 Å². The highest BCUT2D eigenvalue weighted by Gasteiger charge is 2.29. The van der Waals surface area contributed by atoms with Crippen LogP contribution in [0.4, 0.5) is 0 Å². The number of carbonyl (C=O) groups excluding carboxylic acids is 1. The van der Waals surface area contributed by atoms with Crippen LogP contribution in [0.3, 0.4) is 0 Å². The number of rotatable bonds is 4. The summed E-state index contributed by atoms with van der Waals surface area (Å²) in [7, 11) is 0. The molecule has 1 atom stereocenters. The van der Waals surface area contributed by atoms with E-state index < -0.39 is 0 Å². The molecule has 3 rings (SSSR count). The van der Waals surface area contributed by atoms with E-state index in [0.717, 1.165) is 42.9 Å². The van der Waals surface area contributed by atoms with Crippen LogP contribution in [0.2, 0.25) is 5.02 Å². The van der Waals surface area contributed by atoms with Crippen LogP contribution in [-0.4, -0.2) is 43.0 Å². The quantitative estimate of drug-likeness (QED) is 0.861. The van der Waals surface area contributed by atoms with Gasteiger partial charge in [0, 0.05) is 12.7 Å². The van der Waals surface area contributed by atoms with Gasteiger partial charge >= 0.3 is 0 Å². The van der Waals surface area contributed by atoms with Crippen molar-refractivity contribution in [3.8, 4) is 0 Å². The van der Waals surface area contributed by atoms with Crippen molar-refractivity contribution in [3.63, 3.8) is 0 Å². The van der Waals surface area contributed by atoms with Gasteiger partial charge < -0.3 is 4.90 Å². The van der Waals surface area contributed by atoms with Gasteiger partial charge in [-0.3, -0.25) is 14.2 Å². The van der Waals surface area contributed by atoms with Crippen molar-refractivity contribution in [3.05, 3.63) is 34.4 Å². The Labute approximate surface area is 141 Å². The Morgan fingerprint density at radius 2 is 2.17 bits per heavy atom. The van der Waals surface area contributed by atoms with E-state index in [4.69, 9.17) is 11.6 Å². The summed E-state index contributed by atoms with van der Waals surface area (Å²) in [6, 6.07) is 0.203. The lowest BCUT2D eigenvalue weighted by Gasteiger charge is -2.25. The molecule has 3 heterocycles. The zero-order valence-electron chi connectivity index (χ0n) is 13.8. The molecule has 0 saturated carbocycles. The monoisotopic (exact) mass is 335 g/mol. The summed E-state index contributed by atoms with van der Waals surface area (Å²) in [5.74, 6) is 0.0960. The minimum Gasteiger partial charge on any atom is -0.336 e. The van der Waals surface area contributed by atoms with E-state index in [0.29, 0.717) is 5.02 Å². The highest BCUT2D eigenvalue weighted by molar-refractivity contribution is 6.31. The SMILES string of the molecule is Cc1cnn(C[C@@H]2CCCN2C(=O)Cn2nc(C)c(Cl)c2C)c1. The zero-order chi connectivity index (χ0) is 16.6. The summed E-state index contributed by atoms with van der Waals surface area (Å²) < 4.78 is 3.62. The topological polar surface area (TPSA) is 56.0 Å². The number of halogens is 1. The van der Waals surface area contributed by atoms with Crippen LogP contribution in [0, 0.1) is 20.8 Å². The fourth-order valence-corrected chi connectivity index (χ4v) is 3.32. The molecule has 0 N–H and O–H groups in total. The third-order valence-electron chi connectivity index (χ3n) is 4.44. The number of aryl methyl sites for hydroxylation is 2. The number of hydrogen-bond donors (Lipinski definition) is 0. The molecule has 6 nitrogen and oxygen atoms in total. The molecule has 7 heteroatoms. The third-order valence-corrected chi connectivity index (χ3v) is 4.98. The standard InChI is InChI=1S/C16H22ClN5O/c1-11-7-18-20(8-11)9-14-5-4-6-21(14)15(23)10-22-13(3)16(17)12(2)19-22/h7-8,14H,4-6,9-10H2,1-3H3/t14-/m0/s1. The van der Waals surface area contributed by atoms with E-state index >= 15 is 0 Å². The molecule has 2 aromatic rings. The average molecular weight is 336 g/mol. The molecule has 0 radical (unpaired) electrons. The Balaban J connectivity index is 1.69. The van der Waals surface area contributed by atoms with Gasteiger partial charge in [-0.15, -0.1) is 0 Å². The number of likely N-dealkylation sites (tertiary alicyclic amines) is 1. The van der Waals surface area contributed by atoms with Gasteiger partial charge in [0.15, 0.2) is 0 Å². The van der Waals surface area contributed by atoms with Gasteiger partial charge in [0.05, 0.1) is 35.2 Å². The lowest BCUT2D eigenvalue weighted by atomic mass is 10.2.